The third-order valence-corrected chi connectivity index (χ3v) is 2.46. The van der Waals surface area contributed by atoms with Gasteiger partial charge in [-0.05, 0) is 25.5 Å². The number of hydrogen-bond donors (Lipinski definition) is 0. The van der Waals surface area contributed by atoms with E-state index in [1.54, 1.807) is 6.92 Å². The average molecular weight is 268 g/mol. The first-order valence-electron chi connectivity index (χ1n) is 5.06. The molecule has 0 aliphatic rings. The zero-order valence-corrected chi connectivity index (χ0v) is 10.3. The van der Waals surface area contributed by atoms with E-state index in [1.165, 1.54) is 0 Å². The molecule has 0 N–H and O–H groups in total. The van der Waals surface area contributed by atoms with Gasteiger partial charge in [-0.15, -0.1) is 11.6 Å². The van der Waals surface area contributed by atoms with Crippen molar-refractivity contribution in [2.24, 2.45) is 0 Å². The normalized spacial score (nSPS) is 11.6. The minimum Gasteiger partial charge on any atom is -0.477 e. The van der Waals surface area contributed by atoms with Crippen LogP contribution in [0.5, 0.6) is 5.88 Å². The van der Waals surface area contributed by atoms with Gasteiger partial charge < -0.3 is 4.74 Å². The van der Waals surface area contributed by atoms with Crippen molar-refractivity contribution >= 4 is 11.6 Å². The first kappa shape index (κ1) is 14.1. The molecule has 0 spiro atoms. The maximum atomic E-state index is 12.0. The molecule has 0 radical (unpaired) electrons. The maximum Gasteiger partial charge on any atom is 0.392 e. The van der Waals surface area contributed by atoms with Gasteiger partial charge in [-0.25, -0.2) is 4.98 Å². The Balaban J connectivity index is 2.76. The van der Waals surface area contributed by atoms with Crippen LogP contribution in [0.25, 0.3) is 0 Å². The van der Waals surface area contributed by atoms with E-state index >= 15 is 0 Å². The SMILES string of the molecule is Cc1cc(C)c(CCl)c(OCCC(F)(F)F)n1. The number of rotatable bonds is 4. The summed E-state index contributed by atoms with van der Waals surface area (Å²) in [6.07, 6.45) is -5.22. The number of hydrogen-bond acceptors (Lipinski definition) is 2. The second-order valence-electron chi connectivity index (χ2n) is 3.71. The van der Waals surface area contributed by atoms with Crippen LogP contribution in [-0.4, -0.2) is 17.8 Å². The topological polar surface area (TPSA) is 22.1 Å². The zero-order chi connectivity index (χ0) is 13.1. The predicted molar refractivity (Wildman–Crippen MR) is 59.4 cm³/mol. The first-order valence-corrected chi connectivity index (χ1v) is 5.59. The van der Waals surface area contributed by atoms with Crippen molar-refractivity contribution in [2.45, 2.75) is 32.3 Å². The van der Waals surface area contributed by atoms with Crippen molar-refractivity contribution in [2.75, 3.05) is 6.61 Å². The van der Waals surface area contributed by atoms with E-state index in [2.05, 4.69) is 4.98 Å². The van der Waals surface area contributed by atoms with Crippen LogP contribution in [0.15, 0.2) is 6.07 Å². The molecule has 0 bridgehead atoms. The highest BCUT2D eigenvalue weighted by Crippen LogP contribution is 2.24. The van der Waals surface area contributed by atoms with E-state index < -0.39 is 19.2 Å². The molecule has 1 heterocycles. The molecule has 0 atom stereocenters. The summed E-state index contributed by atoms with van der Waals surface area (Å²) < 4.78 is 41.0. The van der Waals surface area contributed by atoms with Crippen LogP contribution >= 0.6 is 11.6 Å². The summed E-state index contributed by atoms with van der Waals surface area (Å²) in [6, 6.07) is 1.81. The first-order chi connectivity index (χ1) is 7.83. The van der Waals surface area contributed by atoms with Gasteiger partial charge in [0.1, 0.15) is 0 Å². The number of ether oxygens (including phenoxy) is 1. The molecule has 1 aromatic rings. The molecule has 0 fully saturated rings. The fourth-order valence-electron chi connectivity index (χ4n) is 1.37. The van der Waals surface area contributed by atoms with Gasteiger partial charge in [0, 0.05) is 11.3 Å². The van der Waals surface area contributed by atoms with Gasteiger partial charge in [-0.2, -0.15) is 13.2 Å². The molecule has 96 valence electrons. The van der Waals surface area contributed by atoms with Crippen LogP contribution in [0.2, 0.25) is 0 Å². The molecule has 1 rings (SSSR count). The largest absolute Gasteiger partial charge is 0.477 e. The quantitative estimate of drug-likeness (QED) is 0.775. The molecular formula is C11H13ClF3NO. The lowest BCUT2D eigenvalue weighted by atomic mass is 10.1. The second kappa shape index (κ2) is 5.58. The van der Waals surface area contributed by atoms with Gasteiger partial charge in [0.2, 0.25) is 5.88 Å². The van der Waals surface area contributed by atoms with E-state index in [9.17, 15) is 13.2 Å². The Morgan fingerprint density at radius 3 is 2.53 bits per heavy atom. The summed E-state index contributed by atoms with van der Waals surface area (Å²) in [4.78, 5) is 4.05. The van der Waals surface area contributed by atoms with Crippen LogP contribution in [0.4, 0.5) is 13.2 Å². The van der Waals surface area contributed by atoms with Gasteiger partial charge in [0.25, 0.3) is 0 Å². The molecule has 17 heavy (non-hydrogen) atoms. The number of nitrogens with zero attached hydrogens (tertiary/aromatic N) is 1. The van der Waals surface area contributed by atoms with Gasteiger partial charge in [-0.3, -0.25) is 0 Å². The Hall–Kier alpha value is -0.970. The second-order valence-corrected chi connectivity index (χ2v) is 3.98. The average Bonchev–Trinajstić information content (AvgIpc) is 2.14. The minimum absolute atomic E-state index is 0.167. The number of pyridine rings is 1. The highest BCUT2D eigenvalue weighted by molar-refractivity contribution is 6.17. The fourth-order valence-corrected chi connectivity index (χ4v) is 1.70. The van der Waals surface area contributed by atoms with Crippen molar-refractivity contribution < 1.29 is 17.9 Å². The summed E-state index contributed by atoms with van der Waals surface area (Å²) in [5.41, 5.74) is 2.20. The summed E-state index contributed by atoms with van der Waals surface area (Å²) >= 11 is 5.72. The Bertz CT molecular complexity index is 393. The monoisotopic (exact) mass is 267 g/mol. The van der Waals surface area contributed by atoms with E-state index in [4.69, 9.17) is 16.3 Å². The van der Waals surface area contributed by atoms with Crippen LogP contribution in [0, 0.1) is 13.8 Å². The van der Waals surface area contributed by atoms with E-state index in [0.717, 1.165) is 5.56 Å². The molecule has 0 unspecified atom stereocenters. The van der Waals surface area contributed by atoms with Gasteiger partial charge >= 0.3 is 6.18 Å². The zero-order valence-electron chi connectivity index (χ0n) is 9.57. The minimum atomic E-state index is -4.22. The summed E-state index contributed by atoms with van der Waals surface area (Å²) in [5, 5.41) is 0. The highest BCUT2D eigenvalue weighted by Gasteiger charge is 2.27. The standard InChI is InChI=1S/C11H13ClF3NO/c1-7-5-8(2)16-10(9(7)6-12)17-4-3-11(13,14)15/h5H,3-4,6H2,1-2H3. The Labute approximate surface area is 103 Å². The van der Waals surface area contributed by atoms with Crippen molar-refractivity contribution in [1.29, 1.82) is 0 Å². The molecule has 0 saturated heterocycles. The molecule has 6 heteroatoms. The maximum absolute atomic E-state index is 12.0. The molecule has 0 saturated carbocycles. The van der Waals surface area contributed by atoms with Gasteiger partial charge in [-0.1, -0.05) is 0 Å². The van der Waals surface area contributed by atoms with Crippen LogP contribution in [0.1, 0.15) is 23.2 Å². The number of halogens is 4. The third-order valence-electron chi connectivity index (χ3n) is 2.20. The van der Waals surface area contributed by atoms with Crippen LogP contribution in [-0.2, 0) is 5.88 Å². The molecule has 0 aromatic carbocycles. The van der Waals surface area contributed by atoms with Crippen molar-refractivity contribution in [1.82, 2.24) is 4.98 Å². The predicted octanol–water partition coefficient (Wildman–Crippen LogP) is 3.77. The van der Waals surface area contributed by atoms with Crippen LogP contribution < -0.4 is 4.74 Å². The molecule has 0 aliphatic heterocycles. The summed E-state index contributed by atoms with van der Waals surface area (Å²) in [5.74, 6) is 0.363. The highest BCUT2D eigenvalue weighted by atomic mass is 35.5. The van der Waals surface area contributed by atoms with Gasteiger partial charge in [0.15, 0.2) is 0 Å². The lowest BCUT2D eigenvalue weighted by Gasteiger charge is -2.13. The van der Waals surface area contributed by atoms with Crippen molar-refractivity contribution in [3.8, 4) is 5.88 Å². The Morgan fingerprint density at radius 2 is 2.00 bits per heavy atom. The summed E-state index contributed by atoms with van der Waals surface area (Å²) in [6.45, 7) is 3.13. The van der Waals surface area contributed by atoms with Crippen LogP contribution in [0.3, 0.4) is 0 Å². The fraction of sp³-hybridized carbons (Fsp3) is 0.545. The molecular weight excluding hydrogens is 255 g/mol. The molecule has 0 aliphatic carbocycles. The summed E-state index contributed by atoms with van der Waals surface area (Å²) in [7, 11) is 0. The van der Waals surface area contributed by atoms with Gasteiger partial charge in [0.05, 0.1) is 18.9 Å². The van der Waals surface area contributed by atoms with E-state index in [-0.39, 0.29) is 11.8 Å². The smallest absolute Gasteiger partial charge is 0.392 e. The molecule has 2 nitrogen and oxygen atoms in total. The van der Waals surface area contributed by atoms with E-state index in [1.807, 2.05) is 13.0 Å². The lowest BCUT2D eigenvalue weighted by molar-refractivity contribution is -0.139. The molecule has 0 amide bonds. The lowest BCUT2D eigenvalue weighted by Crippen LogP contribution is -2.14. The number of aryl methyl sites for hydroxylation is 2. The van der Waals surface area contributed by atoms with E-state index in [0.29, 0.717) is 11.3 Å². The molecule has 1 aromatic heterocycles. The number of aromatic nitrogens is 1. The Morgan fingerprint density at radius 1 is 1.35 bits per heavy atom. The number of alkyl halides is 4. The Kier molecular flexibility index (Phi) is 4.62. The van der Waals surface area contributed by atoms with Crippen molar-refractivity contribution in [3.05, 3.63) is 22.9 Å². The van der Waals surface area contributed by atoms with Crippen molar-refractivity contribution in [3.63, 3.8) is 0 Å². The third kappa shape index (κ3) is 4.42.